The lowest BCUT2D eigenvalue weighted by molar-refractivity contribution is -0.122. The first-order valence-corrected chi connectivity index (χ1v) is 5.69. The second-order valence-electron chi connectivity index (χ2n) is 4.70. The van der Waals surface area contributed by atoms with Gasteiger partial charge in [-0.2, -0.15) is 5.10 Å². The molecule has 0 aliphatic heterocycles. The number of hydrogen-bond donors (Lipinski definition) is 1. The lowest BCUT2D eigenvalue weighted by Crippen LogP contribution is -2.27. The number of hydrogen-bond acceptors (Lipinski definition) is 2. The van der Waals surface area contributed by atoms with Crippen LogP contribution in [0.15, 0.2) is 6.20 Å². The molecule has 0 bridgehead atoms. The summed E-state index contributed by atoms with van der Waals surface area (Å²) in [5.41, 5.74) is 2.18. The predicted octanol–water partition coefficient (Wildman–Crippen LogP) is 1.95. The number of aryl methyl sites for hydroxylation is 1. The molecule has 0 radical (unpaired) electrons. The van der Waals surface area contributed by atoms with Gasteiger partial charge in [0.2, 0.25) is 5.91 Å². The van der Waals surface area contributed by atoms with Crippen molar-refractivity contribution in [2.24, 2.45) is 13.0 Å². The Morgan fingerprint density at radius 3 is 2.56 bits per heavy atom. The summed E-state index contributed by atoms with van der Waals surface area (Å²) in [6, 6.07) is 0.0277. The van der Waals surface area contributed by atoms with Crippen molar-refractivity contribution in [3.05, 3.63) is 17.5 Å². The van der Waals surface area contributed by atoms with Gasteiger partial charge in [-0.15, -0.1) is 0 Å². The summed E-state index contributed by atoms with van der Waals surface area (Å²) >= 11 is 0. The molecule has 0 saturated carbocycles. The molecule has 4 nitrogen and oxygen atoms in total. The van der Waals surface area contributed by atoms with Crippen LogP contribution >= 0.6 is 0 Å². The molecule has 0 aliphatic carbocycles. The average Bonchev–Trinajstić information content (AvgIpc) is 2.45. The number of nitrogens with one attached hydrogen (secondary N) is 1. The van der Waals surface area contributed by atoms with Gasteiger partial charge in [-0.3, -0.25) is 9.48 Å². The molecule has 0 saturated heterocycles. The van der Waals surface area contributed by atoms with Crippen LogP contribution in [0.5, 0.6) is 0 Å². The topological polar surface area (TPSA) is 46.9 Å². The molecule has 0 aliphatic rings. The molecule has 0 unspecified atom stereocenters. The highest BCUT2D eigenvalue weighted by molar-refractivity contribution is 5.76. The molecule has 0 fully saturated rings. The van der Waals surface area contributed by atoms with Crippen molar-refractivity contribution >= 4 is 5.91 Å². The number of amides is 1. The number of aromatic nitrogens is 2. The Morgan fingerprint density at radius 2 is 2.12 bits per heavy atom. The van der Waals surface area contributed by atoms with Crippen LogP contribution in [-0.2, 0) is 11.8 Å². The highest BCUT2D eigenvalue weighted by atomic mass is 16.1. The maximum Gasteiger partial charge on any atom is 0.220 e. The van der Waals surface area contributed by atoms with Gasteiger partial charge in [0.15, 0.2) is 0 Å². The van der Waals surface area contributed by atoms with Crippen molar-refractivity contribution in [2.45, 2.75) is 40.2 Å². The van der Waals surface area contributed by atoms with E-state index in [2.05, 4.69) is 10.4 Å². The molecule has 1 atom stereocenters. The molecule has 0 aromatic carbocycles. The van der Waals surface area contributed by atoms with Crippen LogP contribution in [0.3, 0.4) is 0 Å². The maximum atomic E-state index is 11.6. The summed E-state index contributed by atoms with van der Waals surface area (Å²) in [6.45, 7) is 8.08. The molecule has 1 rings (SSSR count). The van der Waals surface area contributed by atoms with Gasteiger partial charge in [0, 0.05) is 24.7 Å². The molecular weight excluding hydrogens is 202 g/mol. The fourth-order valence-corrected chi connectivity index (χ4v) is 1.69. The molecule has 1 aromatic rings. The lowest BCUT2D eigenvalue weighted by Gasteiger charge is -2.14. The van der Waals surface area contributed by atoms with E-state index in [1.165, 1.54) is 0 Å². The summed E-state index contributed by atoms with van der Waals surface area (Å²) < 4.78 is 1.82. The molecule has 90 valence electrons. The molecule has 0 spiro atoms. The van der Waals surface area contributed by atoms with E-state index < -0.39 is 0 Å². The van der Waals surface area contributed by atoms with Gasteiger partial charge in [-0.1, -0.05) is 13.8 Å². The number of nitrogens with zero attached hydrogens (tertiary/aromatic N) is 2. The van der Waals surface area contributed by atoms with Crippen molar-refractivity contribution < 1.29 is 4.79 Å². The van der Waals surface area contributed by atoms with Gasteiger partial charge in [-0.25, -0.2) is 0 Å². The van der Waals surface area contributed by atoms with Crippen LogP contribution in [0.4, 0.5) is 0 Å². The highest BCUT2D eigenvalue weighted by Gasteiger charge is 2.14. The minimum atomic E-state index is 0.0277. The number of rotatable bonds is 4. The summed E-state index contributed by atoms with van der Waals surface area (Å²) in [6.07, 6.45) is 2.39. The maximum absolute atomic E-state index is 11.6. The van der Waals surface area contributed by atoms with E-state index in [0.717, 1.165) is 11.3 Å². The van der Waals surface area contributed by atoms with E-state index in [1.807, 2.05) is 45.6 Å². The lowest BCUT2D eigenvalue weighted by atomic mass is 10.1. The molecule has 1 heterocycles. The van der Waals surface area contributed by atoms with Crippen LogP contribution in [0, 0.1) is 12.8 Å². The van der Waals surface area contributed by atoms with Crippen molar-refractivity contribution in [2.75, 3.05) is 0 Å². The molecule has 16 heavy (non-hydrogen) atoms. The zero-order valence-corrected chi connectivity index (χ0v) is 10.7. The number of carbonyl (C=O) groups excluding carboxylic acids is 1. The first-order valence-electron chi connectivity index (χ1n) is 5.69. The van der Waals surface area contributed by atoms with E-state index in [-0.39, 0.29) is 11.9 Å². The Bertz CT molecular complexity index is 368. The largest absolute Gasteiger partial charge is 0.349 e. The minimum Gasteiger partial charge on any atom is -0.349 e. The standard InChI is InChI=1S/C12H21N3O/c1-8(2)6-12(16)14-9(3)11-7-13-15(5)10(11)4/h7-9H,6H2,1-5H3,(H,14,16)/t9-/m0/s1. The molecule has 1 N–H and O–H groups in total. The third-order valence-corrected chi connectivity index (χ3v) is 2.71. The predicted molar refractivity (Wildman–Crippen MR) is 64.0 cm³/mol. The van der Waals surface area contributed by atoms with Gasteiger partial charge < -0.3 is 5.32 Å². The van der Waals surface area contributed by atoms with Crippen molar-refractivity contribution in [1.82, 2.24) is 15.1 Å². The van der Waals surface area contributed by atoms with E-state index in [1.54, 1.807) is 0 Å². The molecule has 1 aromatic heterocycles. The fourth-order valence-electron chi connectivity index (χ4n) is 1.69. The summed E-state index contributed by atoms with van der Waals surface area (Å²) in [4.78, 5) is 11.6. The normalized spacial score (nSPS) is 12.9. The van der Waals surface area contributed by atoms with Crippen molar-refractivity contribution in [3.8, 4) is 0 Å². The Labute approximate surface area is 97.0 Å². The first kappa shape index (κ1) is 12.7. The van der Waals surface area contributed by atoms with E-state index in [0.29, 0.717) is 12.3 Å². The Balaban J connectivity index is 2.62. The average molecular weight is 223 g/mol. The Kier molecular flexibility index (Phi) is 4.10. The Hall–Kier alpha value is -1.32. The molecule has 4 heteroatoms. The molecule has 1 amide bonds. The minimum absolute atomic E-state index is 0.0277. The van der Waals surface area contributed by atoms with E-state index >= 15 is 0 Å². The van der Waals surface area contributed by atoms with Crippen LogP contribution in [-0.4, -0.2) is 15.7 Å². The van der Waals surface area contributed by atoms with Crippen molar-refractivity contribution in [1.29, 1.82) is 0 Å². The summed E-state index contributed by atoms with van der Waals surface area (Å²) in [5.74, 6) is 0.493. The SMILES string of the molecule is Cc1c([C@H](C)NC(=O)CC(C)C)cnn1C. The van der Waals surface area contributed by atoms with Gasteiger partial charge in [0.1, 0.15) is 0 Å². The fraction of sp³-hybridized carbons (Fsp3) is 0.667. The van der Waals surface area contributed by atoms with Gasteiger partial charge in [-0.05, 0) is 19.8 Å². The van der Waals surface area contributed by atoms with E-state index in [4.69, 9.17) is 0 Å². The smallest absolute Gasteiger partial charge is 0.220 e. The van der Waals surface area contributed by atoms with Crippen LogP contribution in [0.1, 0.15) is 44.5 Å². The highest BCUT2D eigenvalue weighted by Crippen LogP contribution is 2.16. The van der Waals surface area contributed by atoms with Crippen LogP contribution in [0.2, 0.25) is 0 Å². The van der Waals surface area contributed by atoms with Crippen LogP contribution in [0.25, 0.3) is 0 Å². The monoisotopic (exact) mass is 223 g/mol. The Morgan fingerprint density at radius 1 is 1.50 bits per heavy atom. The van der Waals surface area contributed by atoms with Crippen LogP contribution < -0.4 is 5.32 Å². The summed E-state index contributed by atoms with van der Waals surface area (Å²) in [5, 5.41) is 7.16. The quantitative estimate of drug-likeness (QED) is 0.848. The first-order chi connectivity index (χ1) is 7.41. The molecular formula is C12H21N3O. The third-order valence-electron chi connectivity index (χ3n) is 2.71. The van der Waals surface area contributed by atoms with Gasteiger partial charge in [0.05, 0.1) is 12.2 Å². The zero-order valence-electron chi connectivity index (χ0n) is 10.7. The third kappa shape index (κ3) is 3.08. The van der Waals surface area contributed by atoms with E-state index in [9.17, 15) is 4.79 Å². The second-order valence-corrected chi connectivity index (χ2v) is 4.70. The van der Waals surface area contributed by atoms with Gasteiger partial charge >= 0.3 is 0 Å². The number of carbonyl (C=O) groups is 1. The second kappa shape index (κ2) is 5.14. The van der Waals surface area contributed by atoms with Gasteiger partial charge in [0.25, 0.3) is 0 Å². The summed E-state index contributed by atoms with van der Waals surface area (Å²) in [7, 11) is 1.90. The van der Waals surface area contributed by atoms with Crippen molar-refractivity contribution in [3.63, 3.8) is 0 Å². The zero-order chi connectivity index (χ0) is 12.3.